The average molecular weight is 757 g/mol. The number of nitrogens with zero attached hydrogens (tertiary/aromatic N) is 3. The van der Waals surface area contributed by atoms with Crippen molar-refractivity contribution in [1.82, 2.24) is 14.8 Å². The zero-order valence-corrected chi connectivity index (χ0v) is 31.4. The number of halogens is 3. The van der Waals surface area contributed by atoms with E-state index < -0.39 is 0 Å². The number of rotatable bonds is 13. The van der Waals surface area contributed by atoms with Gasteiger partial charge in [-0.2, -0.15) is 0 Å². The van der Waals surface area contributed by atoms with Gasteiger partial charge in [0, 0.05) is 66.9 Å². The molecule has 5 aromatic rings. The molecule has 7 nitrogen and oxygen atoms in total. The molecule has 2 heterocycles. The van der Waals surface area contributed by atoms with Crippen LogP contribution in [0.3, 0.4) is 0 Å². The molecule has 1 saturated heterocycles. The van der Waals surface area contributed by atoms with Crippen molar-refractivity contribution in [2.45, 2.75) is 33.4 Å². The van der Waals surface area contributed by atoms with Gasteiger partial charge in [-0.25, -0.2) is 4.98 Å². The van der Waals surface area contributed by atoms with E-state index in [0.29, 0.717) is 58.8 Å². The summed E-state index contributed by atoms with van der Waals surface area (Å²) in [5, 5.41) is 1.79. The molecular formula is C42H40Cl3N3O4. The average Bonchev–Trinajstić information content (AvgIpc) is 3.15. The fourth-order valence-corrected chi connectivity index (χ4v) is 6.48. The number of pyridine rings is 1. The maximum Gasteiger partial charge on any atom is 0.246 e. The van der Waals surface area contributed by atoms with E-state index in [0.717, 1.165) is 54.1 Å². The Morgan fingerprint density at radius 1 is 0.808 bits per heavy atom. The van der Waals surface area contributed by atoms with Crippen molar-refractivity contribution >= 4 is 46.3 Å². The van der Waals surface area contributed by atoms with Gasteiger partial charge in [0.25, 0.3) is 0 Å². The van der Waals surface area contributed by atoms with Crippen molar-refractivity contribution in [3.63, 3.8) is 0 Å². The van der Waals surface area contributed by atoms with Crippen LogP contribution in [0.1, 0.15) is 34.7 Å². The minimum Gasteiger partial charge on any atom is -0.493 e. The second-order valence-corrected chi connectivity index (χ2v) is 14.0. The van der Waals surface area contributed by atoms with Gasteiger partial charge in [0.2, 0.25) is 11.8 Å². The summed E-state index contributed by atoms with van der Waals surface area (Å²) in [5.41, 5.74) is 5.90. The monoisotopic (exact) mass is 755 g/mol. The Kier molecular flexibility index (Phi) is 12.7. The Morgan fingerprint density at radius 3 is 2.21 bits per heavy atom. The number of piperazine rings is 1. The zero-order valence-electron chi connectivity index (χ0n) is 29.2. The summed E-state index contributed by atoms with van der Waals surface area (Å²) in [7, 11) is 0. The first-order chi connectivity index (χ1) is 25.2. The summed E-state index contributed by atoms with van der Waals surface area (Å²) in [6, 6.07) is 30.9. The minimum atomic E-state index is -0.00234. The zero-order chi connectivity index (χ0) is 36.5. The summed E-state index contributed by atoms with van der Waals surface area (Å²) in [6.45, 7) is 8.61. The number of allylic oxidation sites excluding steroid dienone is 1. The van der Waals surface area contributed by atoms with Gasteiger partial charge in [0.15, 0.2) is 5.75 Å². The van der Waals surface area contributed by atoms with Gasteiger partial charge in [-0.3, -0.25) is 9.69 Å². The summed E-state index contributed by atoms with van der Waals surface area (Å²) < 4.78 is 17.7. The van der Waals surface area contributed by atoms with Gasteiger partial charge >= 0.3 is 0 Å². The first kappa shape index (κ1) is 37.2. The standard InChI is InChI=1S/C42H40Cl3N3O4/c1-29(34-23-30(2)42(39(45)25-34)52-40-16-15-37(26-46-40)51-28-33-5-3-4-6-38(33)44)24-41(49)48-20-18-47(19-21-48)27-32-9-7-31(8-10-32)17-22-50-36-13-11-35(43)12-14-36/h3-16,23-26H,17-22,27-28H2,1-2H3/b29-24+. The predicted octanol–water partition coefficient (Wildman–Crippen LogP) is 10.1. The number of aromatic nitrogens is 1. The SMILES string of the molecule is C/C(=C\C(=O)N1CCN(Cc2ccc(CCOc3ccc(Cl)cc3)cc2)CC1)c1cc(C)c(Oc2ccc(OCc3ccccc3Cl)cn2)c(Cl)c1. The minimum absolute atomic E-state index is 0.00234. The number of amides is 1. The molecule has 52 heavy (non-hydrogen) atoms. The second kappa shape index (κ2) is 17.8. The van der Waals surface area contributed by atoms with Crippen molar-refractivity contribution < 1.29 is 19.0 Å². The molecule has 4 aromatic carbocycles. The Balaban J connectivity index is 0.958. The summed E-state index contributed by atoms with van der Waals surface area (Å²) in [4.78, 5) is 21.9. The van der Waals surface area contributed by atoms with Crippen LogP contribution in [-0.2, 0) is 24.4 Å². The predicted molar refractivity (Wildman–Crippen MR) is 209 cm³/mol. The highest BCUT2D eigenvalue weighted by molar-refractivity contribution is 6.32. The Bertz CT molecular complexity index is 1970. The lowest BCUT2D eigenvalue weighted by molar-refractivity contribution is -0.127. The molecule has 1 amide bonds. The molecule has 268 valence electrons. The molecular weight excluding hydrogens is 717 g/mol. The first-order valence-electron chi connectivity index (χ1n) is 17.2. The molecule has 0 saturated carbocycles. The van der Waals surface area contributed by atoms with Crippen LogP contribution < -0.4 is 14.2 Å². The van der Waals surface area contributed by atoms with E-state index in [4.69, 9.17) is 49.0 Å². The van der Waals surface area contributed by atoms with E-state index in [1.807, 2.05) is 79.4 Å². The number of ether oxygens (including phenoxy) is 3. The largest absolute Gasteiger partial charge is 0.493 e. The van der Waals surface area contributed by atoms with E-state index in [9.17, 15) is 4.79 Å². The molecule has 1 fully saturated rings. The van der Waals surface area contributed by atoms with Crippen LogP contribution in [0.4, 0.5) is 0 Å². The van der Waals surface area contributed by atoms with Crippen LogP contribution in [0.2, 0.25) is 15.1 Å². The van der Waals surface area contributed by atoms with Crippen LogP contribution in [0, 0.1) is 6.92 Å². The van der Waals surface area contributed by atoms with Crippen LogP contribution in [0.15, 0.2) is 109 Å². The van der Waals surface area contributed by atoms with Crippen molar-refractivity contribution in [3.05, 3.63) is 152 Å². The Hall–Kier alpha value is -4.53. The maximum absolute atomic E-state index is 13.3. The molecule has 0 spiro atoms. The molecule has 0 radical (unpaired) electrons. The number of carbonyl (C=O) groups excluding carboxylic acids is 1. The number of hydrogen-bond acceptors (Lipinski definition) is 6. The number of benzene rings is 4. The lowest BCUT2D eigenvalue weighted by atomic mass is 10.0. The molecule has 1 aromatic heterocycles. The number of carbonyl (C=O) groups is 1. The van der Waals surface area contributed by atoms with Crippen LogP contribution in [-0.4, -0.2) is 53.5 Å². The molecule has 0 atom stereocenters. The summed E-state index contributed by atoms with van der Waals surface area (Å²) in [5.74, 6) is 2.31. The highest BCUT2D eigenvalue weighted by atomic mass is 35.5. The fraction of sp³-hybridized carbons (Fsp3) is 0.238. The van der Waals surface area contributed by atoms with E-state index in [1.54, 1.807) is 24.4 Å². The van der Waals surface area contributed by atoms with Crippen LogP contribution in [0.5, 0.6) is 23.1 Å². The highest BCUT2D eigenvalue weighted by Crippen LogP contribution is 2.35. The van der Waals surface area contributed by atoms with Crippen LogP contribution in [0.25, 0.3) is 5.57 Å². The molecule has 0 N–H and O–H groups in total. The topological polar surface area (TPSA) is 64.1 Å². The normalized spacial score (nSPS) is 13.6. The lowest BCUT2D eigenvalue weighted by Crippen LogP contribution is -2.47. The Morgan fingerprint density at radius 2 is 1.52 bits per heavy atom. The van der Waals surface area contributed by atoms with Gasteiger partial charge in [0.1, 0.15) is 18.1 Å². The third-order valence-corrected chi connectivity index (χ3v) is 9.78. The molecule has 1 aliphatic heterocycles. The van der Waals surface area contributed by atoms with Crippen molar-refractivity contribution in [3.8, 4) is 23.1 Å². The molecule has 0 bridgehead atoms. The van der Waals surface area contributed by atoms with E-state index in [-0.39, 0.29) is 5.91 Å². The number of hydrogen-bond donors (Lipinski definition) is 0. The van der Waals surface area contributed by atoms with E-state index in [2.05, 4.69) is 34.1 Å². The number of aryl methyl sites for hydroxylation is 1. The fourth-order valence-electron chi connectivity index (χ4n) is 5.85. The highest BCUT2D eigenvalue weighted by Gasteiger charge is 2.21. The second-order valence-electron chi connectivity index (χ2n) is 12.7. The van der Waals surface area contributed by atoms with E-state index >= 15 is 0 Å². The van der Waals surface area contributed by atoms with Gasteiger partial charge in [-0.05, 0) is 90.2 Å². The molecule has 0 unspecified atom stereocenters. The van der Waals surface area contributed by atoms with Crippen molar-refractivity contribution in [2.24, 2.45) is 0 Å². The van der Waals surface area contributed by atoms with Gasteiger partial charge in [-0.1, -0.05) is 77.3 Å². The third-order valence-electron chi connectivity index (χ3n) is 8.88. The molecule has 10 heteroatoms. The maximum atomic E-state index is 13.3. The van der Waals surface area contributed by atoms with Gasteiger partial charge in [0.05, 0.1) is 17.8 Å². The first-order valence-corrected chi connectivity index (χ1v) is 18.3. The quantitative estimate of drug-likeness (QED) is 0.112. The van der Waals surface area contributed by atoms with Crippen molar-refractivity contribution in [2.75, 3.05) is 32.8 Å². The van der Waals surface area contributed by atoms with Gasteiger partial charge in [-0.15, -0.1) is 0 Å². The lowest BCUT2D eigenvalue weighted by Gasteiger charge is -2.34. The molecule has 0 aliphatic carbocycles. The van der Waals surface area contributed by atoms with E-state index in [1.165, 1.54) is 11.1 Å². The van der Waals surface area contributed by atoms with Crippen LogP contribution >= 0.6 is 34.8 Å². The van der Waals surface area contributed by atoms with Gasteiger partial charge < -0.3 is 19.1 Å². The molecule has 6 rings (SSSR count). The van der Waals surface area contributed by atoms with Crippen molar-refractivity contribution in [1.29, 1.82) is 0 Å². The molecule has 1 aliphatic rings. The third kappa shape index (κ3) is 10.3. The Labute approximate surface area is 320 Å². The smallest absolute Gasteiger partial charge is 0.246 e. The summed E-state index contributed by atoms with van der Waals surface area (Å²) in [6.07, 6.45) is 4.12. The summed E-state index contributed by atoms with van der Waals surface area (Å²) >= 11 is 18.9.